The molecule has 2 rings (SSSR count). The van der Waals surface area contributed by atoms with E-state index in [1.165, 1.54) is 32.7 Å². The highest BCUT2D eigenvalue weighted by molar-refractivity contribution is 6.27. The Bertz CT molecular complexity index is 561. The van der Waals surface area contributed by atoms with Gasteiger partial charge in [-0.1, -0.05) is 19.1 Å². The van der Waals surface area contributed by atoms with Crippen LogP contribution in [0.2, 0.25) is 0 Å². The lowest BCUT2D eigenvalue weighted by molar-refractivity contribution is -0.159. The van der Waals surface area contributed by atoms with E-state index in [1.54, 1.807) is 0 Å². The molecule has 2 N–H and O–H groups in total. The van der Waals surface area contributed by atoms with Crippen molar-refractivity contribution in [1.29, 1.82) is 0 Å². The average Bonchev–Trinajstić information content (AvgIpc) is 2.67. The van der Waals surface area contributed by atoms with Crippen molar-refractivity contribution < 1.29 is 29.3 Å². The van der Waals surface area contributed by atoms with Gasteiger partial charge in [0.1, 0.15) is 0 Å². The third-order valence-corrected chi connectivity index (χ3v) is 4.12. The first kappa shape index (κ1) is 22.7. The standard InChI is InChI=1S/C17H28N2O2.C2H2O4/c1-3-18-11-13-19(14-12-18)10-7-15-21-17-9-6-5-8-16(17)20-4-2;3-1(4)2(5)6/h5-6,8-9H,3-4,7,10-15H2,1-2H3;(H,3,4)(H,5,6). The summed E-state index contributed by atoms with van der Waals surface area (Å²) in [7, 11) is 0. The molecule has 0 bridgehead atoms. The van der Waals surface area contributed by atoms with Crippen LogP contribution in [-0.2, 0) is 9.59 Å². The molecule has 1 aliphatic heterocycles. The van der Waals surface area contributed by atoms with E-state index in [0.29, 0.717) is 6.61 Å². The zero-order chi connectivity index (χ0) is 20.1. The number of likely N-dealkylation sites (N-methyl/N-ethyl adjacent to an activating group) is 1. The molecule has 0 aliphatic carbocycles. The van der Waals surface area contributed by atoms with Gasteiger partial charge in [0.2, 0.25) is 0 Å². The summed E-state index contributed by atoms with van der Waals surface area (Å²) in [5, 5.41) is 14.8. The van der Waals surface area contributed by atoms with Gasteiger partial charge in [-0.05, 0) is 32.0 Å². The minimum atomic E-state index is -1.82. The number of benzene rings is 1. The SMILES string of the molecule is CCOc1ccccc1OCCCN1CCN(CC)CC1.O=C(O)C(=O)O. The quantitative estimate of drug-likeness (QED) is 0.517. The fourth-order valence-electron chi connectivity index (χ4n) is 2.64. The Morgan fingerprint density at radius 2 is 1.44 bits per heavy atom. The van der Waals surface area contributed by atoms with Gasteiger partial charge in [0.15, 0.2) is 11.5 Å². The summed E-state index contributed by atoms with van der Waals surface area (Å²) in [5.74, 6) is -1.95. The molecule has 1 aromatic rings. The van der Waals surface area contributed by atoms with Gasteiger partial charge in [0, 0.05) is 32.7 Å². The Morgan fingerprint density at radius 1 is 0.926 bits per heavy atom. The largest absolute Gasteiger partial charge is 0.490 e. The lowest BCUT2D eigenvalue weighted by Crippen LogP contribution is -2.46. The van der Waals surface area contributed by atoms with Gasteiger partial charge in [0.05, 0.1) is 13.2 Å². The number of carboxylic acid groups (broad SMARTS) is 2. The van der Waals surface area contributed by atoms with Crippen LogP contribution in [0.3, 0.4) is 0 Å². The Labute approximate surface area is 160 Å². The van der Waals surface area contributed by atoms with Crippen LogP contribution < -0.4 is 9.47 Å². The second kappa shape index (κ2) is 12.9. The van der Waals surface area contributed by atoms with Crippen molar-refractivity contribution in [2.75, 3.05) is 52.5 Å². The molecule has 0 unspecified atom stereocenters. The zero-order valence-corrected chi connectivity index (χ0v) is 16.1. The lowest BCUT2D eigenvalue weighted by atomic mass is 10.3. The molecular formula is C19H30N2O6. The Balaban J connectivity index is 0.000000527. The molecule has 0 atom stereocenters. The molecule has 27 heavy (non-hydrogen) atoms. The number of carbonyl (C=O) groups is 2. The molecule has 1 saturated heterocycles. The van der Waals surface area contributed by atoms with Crippen molar-refractivity contribution in [2.45, 2.75) is 20.3 Å². The van der Waals surface area contributed by atoms with E-state index in [4.69, 9.17) is 29.3 Å². The van der Waals surface area contributed by atoms with Crippen LogP contribution in [0.1, 0.15) is 20.3 Å². The fraction of sp³-hybridized carbons (Fsp3) is 0.579. The molecule has 1 fully saturated rings. The first-order valence-electron chi connectivity index (χ1n) is 9.23. The number of carboxylic acids is 2. The van der Waals surface area contributed by atoms with Gasteiger partial charge in [-0.3, -0.25) is 0 Å². The van der Waals surface area contributed by atoms with Gasteiger partial charge < -0.3 is 29.5 Å². The van der Waals surface area contributed by atoms with Gasteiger partial charge in [0.25, 0.3) is 0 Å². The van der Waals surface area contributed by atoms with Crippen molar-refractivity contribution in [1.82, 2.24) is 9.80 Å². The third kappa shape index (κ3) is 9.25. The summed E-state index contributed by atoms with van der Waals surface area (Å²) in [6, 6.07) is 7.90. The van der Waals surface area contributed by atoms with Crippen LogP contribution in [0.15, 0.2) is 24.3 Å². The minimum Gasteiger partial charge on any atom is -0.490 e. The Hall–Kier alpha value is -2.32. The molecule has 0 saturated carbocycles. The van der Waals surface area contributed by atoms with E-state index in [-0.39, 0.29) is 0 Å². The highest BCUT2D eigenvalue weighted by Gasteiger charge is 2.14. The summed E-state index contributed by atoms with van der Waals surface area (Å²) < 4.78 is 11.4. The number of hydrogen-bond acceptors (Lipinski definition) is 6. The summed E-state index contributed by atoms with van der Waals surface area (Å²) in [6.07, 6.45) is 1.06. The first-order chi connectivity index (χ1) is 13.0. The lowest BCUT2D eigenvalue weighted by Gasteiger charge is -2.33. The average molecular weight is 382 g/mol. The summed E-state index contributed by atoms with van der Waals surface area (Å²) in [4.78, 5) is 23.2. The van der Waals surface area contributed by atoms with E-state index < -0.39 is 11.9 Å². The van der Waals surface area contributed by atoms with E-state index >= 15 is 0 Å². The zero-order valence-electron chi connectivity index (χ0n) is 16.1. The van der Waals surface area contributed by atoms with E-state index in [2.05, 4.69) is 16.7 Å². The molecule has 8 heteroatoms. The Morgan fingerprint density at radius 3 is 1.93 bits per heavy atom. The van der Waals surface area contributed by atoms with E-state index in [1.807, 2.05) is 31.2 Å². The third-order valence-electron chi connectivity index (χ3n) is 4.12. The number of ether oxygens (including phenoxy) is 2. The molecule has 0 aromatic heterocycles. The number of piperazine rings is 1. The smallest absolute Gasteiger partial charge is 0.414 e. The number of aliphatic carboxylic acids is 2. The van der Waals surface area contributed by atoms with Gasteiger partial charge in [-0.2, -0.15) is 0 Å². The van der Waals surface area contributed by atoms with Crippen molar-refractivity contribution in [3.05, 3.63) is 24.3 Å². The molecule has 1 heterocycles. The van der Waals surface area contributed by atoms with Gasteiger partial charge in [-0.15, -0.1) is 0 Å². The maximum atomic E-state index is 9.10. The second-order valence-corrected chi connectivity index (χ2v) is 5.97. The highest BCUT2D eigenvalue weighted by atomic mass is 16.5. The molecule has 1 aromatic carbocycles. The van der Waals surface area contributed by atoms with Crippen molar-refractivity contribution in [2.24, 2.45) is 0 Å². The van der Waals surface area contributed by atoms with Crippen LogP contribution in [0.25, 0.3) is 0 Å². The van der Waals surface area contributed by atoms with E-state index in [9.17, 15) is 0 Å². The molecule has 1 aliphatic rings. The van der Waals surface area contributed by atoms with Gasteiger partial charge in [-0.25, -0.2) is 9.59 Å². The molecule has 8 nitrogen and oxygen atoms in total. The van der Waals surface area contributed by atoms with Crippen molar-refractivity contribution >= 4 is 11.9 Å². The number of hydrogen-bond donors (Lipinski definition) is 2. The first-order valence-corrected chi connectivity index (χ1v) is 9.23. The predicted molar refractivity (Wildman–Crippen MR) is 102 cm³/mol. The van der Waals surface area contributed by atoms with Crippen LogP contribution in [-0.4, -0.2) is 84.4 Å². The van der Waals surface area contributed by atoms with E-state index in [0.717, 1.165) is 31.1 Å². The number of para-hydroxylation sites is 2. The molecule has 0 radical (unpaired) electrons. The Kier molecular flexibility index (Phi) is 10.9. The van der Waals surface area contributed by atoms with Crippen LogP contribution in [0, 0.1) is 0 Å². The molecule has 152 valence electrons. The topological polar surface area (TPSA) is 99.5 Å². The second-order valence-electron chi connectivity index (χ2n) is 5.97. The minimum absolute atomic E-state index is 0.669. The molecule has 0 amide bonds. The number of nitrogens with zero attached hydrogens (tertiary/aromatic N) is 2. The maximum absolute atomic E-state index is 9.10. The summed E-state index contributed by atoms with van der Waals surface area (Å²) >= 11 is 0. The highest BCUT2D eigenvalue weighted by Crippen LogP contribution is 2.26. The monoisotopic (exact) mass is 382 g/mol. The number of rotatable bonds is 8. The summed E-state index contributed by atoms with van der Waals surface area (Å²) in [6.45, 7) is 12.7. The van der Waals surface area contributed by atoms with Gasteiger partial charge >= 0.3 is 11.9 Å². The van der Waals surface area contributed by atoms with Crippen LogP contribution in [0.5, 0.6) is 11.5 Å². The van der Waals surface area contributed by atoms with Crippen LogP contribution in [0.4, 0.5) is 0 Å². The summed E-state index contributed by atoms with van der Waals surface area (Å²) in [5.41, 5.74) is 0. The normalized spacial score (nSPS) is 14.7. The predicted octanol–water partition coefficient (Wildman–Crippen LogP) is 1.65. The molecular weight excluding hydrogens is 352 g/mol. The maximum Gasteiger partial charge on any atom is 0.414 e. The van der Waals surface area contributed by atoms with Crippen molar-refractivity contribution in [3.8, 4) is 11.5 Å². The van der Waals surface area contributed by atoms with Crippen LogP contribution >= 0.6 is 0 Å². The fourth-order valence-corrected chi connectivity index (χ4v) is 2.64. The molecule has 0 spiro atoms. The van der Waals surface area contributed by atoms with Crippen molar-refractivity contribution in [3.63, 3.8) is 0 Å².